The lowest BCUT2D eigenvalue weighted by Crippen LogP contribution is -2.28. The monoisotopic (exact) mass is 263 g/mol. The van der Waals surface area contributed by atoms with Crippen LogP contribution >= 0.6 is 0 Å². The van der Waals surface area contributed by atoms with Crippen molar-refractivity contribution < 1.29 is 9.90 Å². The SMILES string of the molecule is NC1CCCc2c(C(=O)O)nc(C3CCCCC3)n21. The summed E-state index contributed by atoms with van der Waals surface area (Å²) < 4.78 is 2.03. The highest BCUT2D eigenvalue weighted by atomic mass is 16.4. The number of rotatable bonds is 2. The number of nitrogens with zero attached hydrogens (tertiary/aromatic N) is 2. The Morgan fingerprint density at radius 1 is 1.21 bits per heavy atom. The molecule has 2 aliphatic rings. The van der Waals surface area contributed by atoms with Crippen molar-refractivity contribution in [3.63, 3.8) is 0 Å². The Kier molecular flexibility index (Phi) is 3.31. The van der Waals surface area contributed by atoms with Crippen LogP contribution in [0.2, 0.25) is 0 Å². The van der Waals surface area contributed by atoms with Gasteiger partial charge in [-0.05, 0) is 32.1 Å². The number of carboxylic acids is 1. The van der Waals surface area contributed by atoms with Crippen LogP contribution < -0.4 is 5.73 Å². The molecular weight excluding hydrogens is 242 g/mol. The second-order valence-electron chi connectivity index (χ2n) is 5.73. The number of carbonyl (C=O) groups is 1. The van der Waals surface area contributed by atoms with Crippen molar-refractivity contribution >= 4 is 5.97 Å². The van der Waals surface area contributed by atoms with Gasteiger partial charge in [0.2, 0.25) is 0 Å². The first kappa shape index (κ1) is 12.7. The second-order valence-corrected chi connectivity index (χ2v) is 5.73. The van der Waals surface area contributed by atoms with Crippen LogP contribution in [-0.4, -0.2) is 20.6 Å². The average molecular weight is 263 g/mol. The van der Waals surface area contributed by atoms with Gasteiger partial charge in [0.1, 0.15) is 5.82 Å². The fourth-order valence-electron chi connectivity index (χ4n) is 3.52. The van der Waals surface area contributed by atoms with Crippen LogP contribution in [0.4, 0.5) is 0 Å². The maximum Gasteiger partial charge on any atom is 0.356 e. The highest BCUT2D eigenvalue weighted by Crippen LogP contribution is 2.36. The van der Waals surface area contributed by atoms with Crippen LogP contribution in [0.3, 0.4) is 0 Å². The van der Waals surface area contributed by atoms with Crippen molar-refractivity contribution in [3.8, 4) is 0 Å². The van der Waals surface area contributed by atoms with E-state index in [-0.39, 0.29) is 11.9 Å². The maximum absolute atomic E-state index is 11.4. The van der Waals surface area contributed by atoms with Crippen molar-refractivity contribution in [2.24, 2.45) is 5.73 Å². The topological polar surface area (TPSA) is 81.1 Å². The summed E-state index contributed by atoms with van der Waals surface area (Å²) in [4.78, 5) is 15.8. The second kappa shape index (κ2) is 4.96. The number of nitrogens with two attached hydrogens (primary N) is 1. The van der Waals surface area contributed by atoms with E-state index in [9.17, 15) is 9.90 Å². The van der Waals surface area contributed by atoms with Gasteiger partial charge in [0, 0.05) is 5.92 Å². The quantitative estimate of drug-likeness (QED) is 0.858. The van der Waals surface area contributed by atoms with Crippen LogP contribution in [0.1, 0.15) is 79.0 Å². The molecule has 19 heavy (non-hydrogen) atoms. The zero-order valence-corrected chi connectivity index (χ0v) is 11.1. The van der Waals surface area contributed by atoms with Gasteiger partial charge in [-0.15, -0.1) is 0 Å². The molecule has 3 rings (SSSR count). The first-order valence-corrected chi connectivity index (χ1v) is 7.28. The molecule has 1 saturated carbocycles. The molecule has 5 heteroatoms. The van der Waals surface area contributed by atoms with Crippen LogP contribution in [0.5, 0.6) is 0 Å². The van der Waals surface area contributed by atoms with E-state index < -0.39 is 5.97 Å². The lowest BCUT2D eigenvalue weighted by molar-refractivity contribution is 0.0689. The number of aromatic carboxylic acids is 1. The van der Waals surface area contributed by atoms with E-state index in [2.05, 4.69) is 4.98 Å². The molecule has 1 aliphatic heterocycles. The summed E-state index contributed by atoms with van der Waals surface area (Å²) in [6.45, 7) is 0. The molecule has 104 valence electrons. The van der Waals surface area contributed by atoms with E-state index >= 15 is 0 Å². The van der Waals surface area contributed by atoms with Crippen molar-refractivity contribution in [2.75, 3.05) is 0 Å². The van der Waals surface area contributed by atoms with Crippen LogP contribution in [0.15, 0.2) is 0 Å². The number of imidazole rings is 1. The molecule has 0 saturated heterocycles. The van der Waals surface area contributed by atoms with Crippen molar-refractivity contribution in [1.82, 2.24) is 9.55 Å². The minimum atomic E-state index is -0.917. The fourth-order valence-corrected chi connectivity index (χ4v) is 3.52. The van der Waals surface area contributed by atoms with Gasteiger partial charge in [0.25, 0.3) is 0 Å². The van der Waals surface area contributed by atoms with Crippen LogP contribution in [0.25, 0.3) is 0 Å². The minimum Gasteiger partial charge on any atom is -0.476 e. The van der Waals surface area contributed by atoms with E-state index in [0.717, 1.165) is 43.6 Å². The standard InChI is InChI=1S/C14H21N3O2/c15-11-8-4-7-10-12(14(18)19)16-13(17(10)11)9-5-2-1-3-6-9/h9,11H,1-8,15H2,(H,18,19). The van der Waals surface area contributed by atoms with Crippen molar-refractivity contribution in [1.29, 1.82) is 0 Å². The summed E-state index contributed by atoms with van der Waals surface area (Å²) in [5.41, 5.74) is 7.27. The summed E-state index contributed by atoms with van der Waals surface area (Å²) in [5, 5.41) is 9.32. The number of hydrogen-bond donors (Lipinski definition) is 2. The fraction of sp³-hybridized carbons (Fsp3) is 0.714. The van der Waals surface area contributed by atoms with E-state index in [1.54, 1.807) is 0 Å². The smallest absolute Gasteiger partial charge is 0.356 e. The zero-order valence-electron chi connectivity index (χ0n) is 11.1. The van der Waals surface area contributed by atoms with Gasteiger partial charge in [0.15, 0.2) is 5.69 Å². The molecule has 1 aromatic rings. The van der Waals surface area contributed by atoms with Gasteiger partial charge in [-0.2, -0.15) is 0 Å². The molecule has 1 unspecified atom stereocenters. The lowest BCUT2D eigenvalue weighted by Gasteiger charge is -2.28. The van der Waals surface area contributed by atoms with E-state index in [4.69, 9.17) is 5.73 Å². The van der Waals surface area contributed by atoms with Crippen molar-refractivity contribution in [2.45, 2.75) is 63.5 Å². The molecule has 0 radical (unpaired) electrons. The first-order valence-electron chi connectivity index (χ1n) is 7.28. The Labute approximate surface area is 112 Å². The summed E-state index contributed by atoms with van der Waals surface area (Å²) in [6.07, 6.45) is 8.50. The predicted octanol–water partition coefficient (Wildman–Crippen LogP) is 2.42. The Morgan fingerprint density at radius 2 is 1.95 bits per heavy atom. The molecule has 1 aliphatic carbocycles. The normalized spacial score (nSPS) is 24.2. The summed E-state index contributed by atoms with van der Waals surface area (Å²) in [5.74, 6) is 0.406. The molecule has 1 aromatic heterocycles. The summed E-state index contributed by atoms with van der Waals surface area (Å²) in [6, 6.07) is 0. The number of carboxylic acid groups (broad SMARTS) is 1. The predicted molar refractivity (Wildman–Crippen MR) is 71.2 cm³/mol. The van der Waals surface area contributed by atoms with Gasteiger partial charge in [-0.1, -0.05) is 19.3 Å². The molecular formula is C14H21N3O2. The maximum atomic E-state index is 11.4. The van der Waals surface area contributed by atoms with Gasteiger partial charge in [-0.25, -0.2) is 9.78 Å². The molecule has 1 atom stereocenters. The summed E-state index contributed by atoms with van der Waals surface area (Å²) in [7, 11) is 0. The van der Waals surface area contributed by atoms with E-state index in [1.165, 1.54) is 19.3 Å². The Morgan fingerprint density at radius 3 is 2.63 bits per heavy atom. The Balaban J connectivity index is 2.05. The van der Waals surface area contributed by atoms with E-state index in [1.807, 2.05) is 4.57 Å². The van der Waals surface area contributed by atoms with Crippen molar-refractivity contribution in [3.05, 3.63) is 17.2 Å². The van der Waals surface area contributed by atoms with Crippen LogP contribution in [-0.2, 0) is 6.42 Å². The summed E-state index contributed by atoms with van der Waals surface area (Å²) >= 11 is 0. The molecule has 0 amide bonds. The van der Waals surface area contributed by atoms with Crippen LogP contribution in [0, 0.1) is 0 Å². The molecule has 3 N–H and O–H groups in total. The third-order valence-electron chi connectivity index (χ3n) is 4.46. The zero-order chi connectivity index (χ0) is 13.4. The third kappa shape index (κ3) is 2.16. The van der Waals surface area contributed by atoms with Gasteiger partial charge in [-0.3, -0.25) is 0 Å². The van der Waals surface area contributed by atoms with Gasteiger partial charge in [0.05, 0.1) is 11.9 Å². The number of hydrogen-bond acceptors (Lipinski definition) is 3. The van der Waals surface area contributed by atoms with Gasteiger partial charge < -0.3 is 15.4 Å². The number of fused-ring (bicyclic) bond motifs is 1. The highest BCUT2D eigenvalue weighted by Gasteiger charge is 2.31. The first-order chi connectivity index (χ1) is 9.18. The Bertz CT molecular complexity index is 489. The van der Waals surface area contributed by atoms with E-state index in [0.29, 0.717) is 5.92 Å². The van der Waals surface area contributed by atoms with Gasteiger partial charge >= 0.3 is 5.97 Å². The molecule has 0 aromatic carbocycles. The minimum absolute atomic E-state index is 0.0960. The largest absolute Gasteiger partial charge is 0.476 e. The number of aromatic nitrogens is 2. The average Bonchev–Trinajstić information content (AvgIpc) is 2.81. The molecule has 0 bridgehead atoms. The third-order valence-corrected chi connectivity index (χ3v) is 4.46. The molecule has 0 spiro atoms. The lowest BCUT2D eigenvalue weighted by atomic mass is 9.88. The molecule has 2 heterocycles. The Hall–Kier alpha value is -1.36. The molecule has 1 fully saturated rings. The molecule has 5 nitrogen and oxygen atoms in total. The highest BCUT2D eigenvalue weighted by molar-refractivity contribution is 5.87.